The molecule has 2 rings (SSSR count). The second-order valence-corrected chi connectivity index (χ2v) is 4.67. The monoisotopic (exact) mass is 235 g/mol. The number of hydrogen-bond donors (Lipinski definition) is 1. The van der Waals surface area contributed by atoms with Crippen LogP contribution in [0.5, 0.6) is 0 Å². The fourth-order valence-electron chi connectivity index (χ4n) is 2.37. The van der Waals surface area contributed by atoms with Gasteiger partial charge in [-0.1, -0.05) is 0 Å². The van der Waals surface area contributed by atoms with E-state index in [9.17, 15) is 10.4 Å². The molecule has 1 aromatic heterocycles. The highest BCUT2D eigenvalue weighted by atomic mass is 16.5. The molecule has 92 valence electrons. The Balaban J connectivity index is 2.32. The van der Waals surface area contributed by atoms with E-state index in [-0.39, 0.29) is 0 Å². The summed E-state index contributed by atoms with van der Waals surface area (Å²) in [6, 6.07) is 2.24. The van der Waals surface area contributed by atoms with Gasteiger partial charge in [-0.25, -0.2) is 0 Å². The lowest BCUT2D eigenvalue weighted by Crippen LogP contribution is -2.36. The molecule has 2 unspecified atom stereocenters. The normalized spacial score (nSPS) is 26.5. The number of nitriles is 1. The lowest BCUT2D eigenvalue weighted by Gasteiger charge is -2.34. The van der Waals surface area contributed by atoms with Crippen molar-refractivity contribution in [2.45, 2.75) is 25.9 Å². The van der Waals surface area contributed by atoms with Gasteiger partial charge in [0.15, 0.2) is 0 Å². The first-order valence-corrected chi connectivity index (χ1v) is 5.76. The van der Waals surface area contributed by atoms with Crippen molar-refractivity contribution in [2.24, 2.45) is 12.5 Å². The van der Waals surface area contributed by atoms with Gasteiger partial charge in [0.05, 0.1) is 18.4 Å². The summed E-state index contributed by atoms with van der Waals surface area (Å²) >= 11 is 0. The molecule has 0 bridgehead atoms. The Morgan fingerprint density at radius 1 is 1.71 bits per heavy atom. The van der Waals surface area contributed by atoms with Crippen molar-refractivity contribution in [2.75, 3.05) is 13.2 Å². The van der Waals surface area contributed by atoms with Gasteiger partial charge >= 0.3 is 0 Å². The van der Waals surface area contributed by atoms with E-state index in [1.807, 2.05) is 6.92 Å². The summed E-state index contributed by atoms with van der Waals surface area (Å²) in [5.41, 5.74) is 0.659. The third-order valence-corrected chi connectivity index (χ3v) is 3.36. The molecular weight excluding hydrogens is 218 g/mol. The number of hydrogen-bond acceptors (Lipinski definition) is 4. The van der Waals surface area contributed by atoms with E-state index in [1.54, 1.807) is 17.9 Å². The van der Waals surface area contributed by atoms with E-state index in [2.05, 4.69) is 11.2 Å². The van der Waals surface area contributed by atoms with Gasteiger partial charge in [-0.05, 0) is 19.8 Å². The Morgan fingerprint density at radius 3 is 2.94 bits per heavy atom. The highest BCUT2D eigenvalue weighted by Crippen LogP contribution is 2.41. The zero-order chi connectivity index (χ0) is 12.5. The molecule has 0 amide bonds. The van der Waals surface area contributed by atoms with Crippen molar-refractivity contribution < 1.29 is 9.84 Å². The molecule has 0 spiro atoms. The largest absolute Gasteiger partial charge is 0.387 e. The van der Waals surface area contributed by atoms with Crippen molar-refractivity contribution in [3.8, 4) is 6.07 Å². The van der Waals surface area contributed by atoms with E-state index in [0.717, 1.165) is 17.7 Å². The van der Waals surface area contributed by atoms with Gasteiger partial charge in [0.25, 0.3) is 0 Å². The van der Waals surface area contributed by atoms with Gasteiger partial charge in [-0.15, -0.1) is 0 Å². The van der Waals surface area contributed by atoms with E-state index < -0.39 is 11.5 Å². The van der Waals surface area contributed by atoms with E-state index >= 15 is 0 Å². The predicted molar refractivity (Wildman–Crippen MR) is 61.0 cm³/mol. The molecule has 17 heavy (non-hydrogen) atoms. The third kappa shape index (κ3) is 2.06. The fourth-order valence-corrected chi connectivity index (χ4v) is 2.37. The molecule has 2 heterocycles. The van der Waals surface area contributed by atoms with Crippen molar-refractivity contribution in [3.05, 3.63) is 17.5 Å². The Kier molecular flexibility index (Phi) is 3.18. The number of aryl methyl sites for hydroxylation is 2. The zero-order valence-corrected chi connectivity index (χ0v) is 10.2. The summed E-state index contributed by atoms with van der Waals surface area (Å²) in [5.74, 6) is 0. The average molecular weight is 235 g/mol. The van der Waals surface area contributed by atoms with Crippen LogP contribution in [0.1, 0.15) is 30.2 Å². The molecule has 0 saturated carbocycles. The third-order valence-electron chi connectivity index (χ3n) is 3.36. The van der Waals surface area contributed by atoms with Crippen LogP contribution in [0.4, 0.5) is 0 Å². The molecule has 1 aliphatic heterocycles. The quantitative estimate of drug-likeness (QED) is 0.832. The van der Waals surface area contributed by atoms with E-state index in [0.29, 0.717) is 19.6 Å². The second kappa shape index (κ2) is 4.47. The summed E-state index contributed by atoms with van der Waals surface area (Å²) in [6.07, 6.45) is 2.41. The maximum absolute atomic E-state index is 10.4. The smallest absolute Gasteiger partial charge is 0.111 e. The molecule has 0 radical (unpaired) electrons. The Labute approximate surface area is 101 Å². The van der Waals surface area contributed by atoms with Crippen LogP contribution in [0.3, 0.4) is 0 Å². The van der Waals surface area contributed by atoms with Crippen molar-refractivity contribution in [3.63, 3.8) is 0 Å². The molecule has 1 aliphatic rings. The highest BCUT2D eigenvalue weighted by molar-refractivity contribution is 5.24. The minimum Gasteiger partial charge on any atom is -0.387 e. The Morgan fingerprint density at radius 2 is 2.47 bits per heavy atom. The summed E-state index contributed by atoms with van der Waals surface area (Å²) in [5, 5.41) is 24.0. The first-order valence-electron chi connectivity index (χ1n) is 5.76. The molecule has 0 aromatic carbocycles. The van der Waals surface area contributed by atoms with Crippen molar-refractivity contribution in [1.82, 2.24) is 9.78 Å². The van der Waals surface area contributed by atoms with Crippen molar-refractivity contribution >= 4 is 0 Å². The number of rotatable bonds is 2. The van der Waals surface area contributed by atoms with Gasteiger partial charge in [0.1, 0.15) is 11.5 Å². The topological polar surface area (TPSA) is 71.1 Å². The van der Waals surface area contributed by atoms with Gasteiger partial charge in [-0.3, -0.25) is 4.68 Å². The number of ether oxygens (including phenoxy) is 1. The summed E-state index contributed by atoms with van der Waals surface area (Å²) in [6.45, 7) is 2.80. The minimum absolute atomic E-state index is 0.291. The molecule has 5 nitrogen and oxygen atoms in total. The van der Waals surface area contributed by atoms with Crippen LogP contribution >= 0.6 is 0 Å². The van der Waals surface area contributed by atoms with Crippen LogP contribution in [0.15, 0.2) is 6.20 Å². The van der Waals surface area contributed by atoms with Gasteiger partial charge in [-0.2, -0.15) is 10.4 Å². The number of aliphatic hydroxyl groups is 1. The van der Waals surface area contributed by atoms with Crippen LogP contribution < -0.4 is 0 Å². The van der Waals surface area contributed by atoms with Gasteiger partial charge in [0.2, 0.25) is 0 Å². The van der Waals surface area contributed by atoms with E-state index in [4.69, 9.17) is 4.74 Å². The first-order chi connectivity index (χ1) is 8.09. The predicted octanol–water partition coefficient (Wildman–Crippen LogP) is 1.08. The summed E-state index contributed by atoms with van der Waals surface area (Å²) in [7, 11) is 1.81. The molecule has 1 fully saturated rings. The maximum Gasteiger partial charge on any atom is 0.111 e. The lowest BCUT2D eigenvalue weighted by atomic mass is 9.76. The van der Waals surface area contributed by atoms with Crippen LogP contribution in [0.2, 0.25) is 0 Å². The Hall–Kier alpha value is -1.38. The minimum atomic E-state index is -0.832. The van der Waals surface area contributed by atoms with E-state index in [1.165, 1.54) is 0 Å². The number of aromatic nitrogens is 2. The standard InChI is InChI=1S/C12H17N3O2/c1-9-10(6-15(2)14-9)11(16)12(7-13)4-3-5-17-8-12/h6,11,16H,3-5,8H2,1-2H3. The molecule has 1 saturated heterocycles. The van der Waals surface area contributed by atoms with Crippen LogP contribution in [-0.2, 0) is 11.8 Å². The first kappa shape index (κ1) is 12.1. The fraction of sp³-hybridized carbons (Fsp3) is 0.667. The average Bonchev–Trinajstić information content (AvgIpc) is 2.68. The maximum atomic E-state index is 10.4. The zero-order valence-electron chi connectivity index (χ0n) is 10.2. The van der Waals surface area contributed by atoms with Crippen LogP contribution in [-0.4, -0.2) is 28.1 Å². The second-order valence-electron chi connectivity index (χ2n) is 4.67. The molecular formula is C12H17N3O2. The van der Waals surface area contributed by atoms with Gasteiger partial charge < -0.3 is 9.84 Å². The number of nitrogens with zero attached hydrogens (tertiary/aromatic N) is 3. The SMILES string of the molecule is Cc1nn(C)cc1C(O)C1(C#N)CCCOC1. The lowest BCUT2D eigenvalue weighted by molar-refractivity contribution is -0.0508. The van der Waals surface area contributed by atoms with Crippen molar-refractivity contribution in [1.29, 1.82) is 5.26 Å². The molecule has 1 N–H and O–H groups in total. The van der Waals surface area contributed by atoms with Crippen LogP contribution in [0, 0.1) is 23.7 Å². The summed E-state index contributed by atoms with van der Waals surface area (Å²) < 4.78 is 7.01. The Bertz CT molecular complexity index is 441. The number of aliphatic hydroxyl groups excluding tert-OH is 1. The molecule has 2 atom stereocenters. The van der Waals surface area contributed by atoms with Gasteiger partial charge in [0, 0.05) is 25.4 Å². The highest BCUT2D eigenvalue weighted by Gasteiger charge is 2.42. The molecule has 1 aromatic rings. The summed E-state index contributed by atoms with van der Waals surface area (Å²) in [4.78, 5) is 0. The van der Waals surface area contributed by atoms with Crippen LogP contribution in [0.25, 0.3) is 0 Å². The molecule has 0 aliphatic carbocycles. The molecule has 5 heteroatoms.